The third-order valence-electron chi connectivity index (χ3n) is 7.52. The zero-order chi connectivity index (χ0) is 27.9. The van der Waals surface area contributed by atoms with Crippen molar-refractivity contribution in [3.8, 4) is 28.8 Å². The molecule has 10 heteroatoms. The molecule has 1 fully saturated rings. The van der Waals surface area contributed by atoms with Crippen LogP contribution in [0.4, 0.5) is 0 Å². The molecule has 204 valence electrons. The van der Waals surface area contributed by atoms with E-state index in [0.717, 1.165) is 30.5 Å². The lowest BCUT2D eigenvalue weighted by Crippen LogP contribution is -2.28. The van der Waals surface area contributed by atoms with Crippen LogP contribution in [0, 0.1) is 11.3 Å². The molecule has 0 saturated carbocycles. The van der Waals surface area contributed by atoms with E-state index in [1.807, 2.05) is 18.2 Å². The molecule has 0 radical (unpaired) electrons. The number of nitrogens with one attached hydrogen (secondary N) is 2. The molecule has 0 unspecified atom stereocenters. The van der Waals surface area contributed by atoms with Gasteiger partial charge in [-0.2, -0.15) is 13.7 Å². The predicted octanol–water partition coefficient (Wildman–Crippen LogP) is 4.71. The Hall–Kier alpha value is -4.33. The molecule has 4 aromatic rings. The number of carbonyl (C=O) groups is 1. The fourth-order valence-corrected chi connectivity index (χ4v) is 6.69. The first-order valence-corrected chi connectivity index (χ1v) is 14.6. The van der Waals surface area contributed by atoms with Crippen LogP contribution in [0.1, 0.15) is 46.3 Å². The van der Waals surface area contributed by atoms with Crippen molar-refractivity contribution in [2.45, 2.75) is 37.2 Å². The molecule has 0 atom stereocenters. The van der Waals surface area contributed by atoms with E-state index in [-0.39, 0.29) is 34.4 Å². The van der Waals surface area contributed by atoms with E-state index in [0.29, 0.717) is 22.4 Å². The molecule has 0 bridgehead atoms. The average Bonchev–Trinajstić information content (AvgIpc) is 3.57. The second-order valence-corrected chi connectivity index (χ2v) is 11.6. The zero-order valence-electron chi connectivity index (χ0n) is 22.0. The molecule has 1 aromatic heterocycles. The van der Waals surface area contributed by atoms with E-state index >= 15 is 0 Å². The number of rotatable bonds is 7. The van der Waals surface area contributed by atoms with Crippen LogP contribution < -0.4 is 14.2 Å². The Balaban J connectivity index is 1.40. The maximum Gasteiger partial charge on any atom is 0.340 e. The summed E-state index contributed by atoms with van der Waals surface area (Å²) < 4.78 is 37.6. The van der Waals surface area contributed by atoms with Crippen LogP contribution in [0.2, 0.25) is 0 Å². The van der Waals surface area contributed by atoms with E-state index in [1.54, 1.807) is 12.1 Å². The average molecular weight is 557 g/mol. The molecule has 1 saturated heterocycles. The Kier molecular flexibility index (Phi) is 6.70. The van der Waals surface area contributed by atoms with E-state index < -0.39 is 10.1 Å². The minimum atomic E-state index is -4.40. The number of H-pyrrole nitrogens is 1. The van der Waals surface area contributed by atoms with E-state index in [4.69, 9.17) is 8.92 Å². The van der Waals surface area contributed by atoms with Crippen LogP contribution in [0.15, 0.2) is 59.5 Å². The number of ether oxygens (including phenoxy) is 1. The maximum atomic E-state index is 13.2. The fourth-order valence-electron chi connectivity index (χ4n) is 5.57. The summed E-state index contributed by atoms with van der Waals surface area (Å²) in [4.78, 5) is 18.6. The Morgan fingerprint density at radius 1 is 1.05 bits per heavy atom. The molecule has 6 rings (SSSR count). The highest BCUT2D eigenvalue weighted by molar-refractivity contribution is 7.87. The van der Waals surface area contributed by atoms with Gasteiger partial charge in [-0.3, -0.25) is 9.69 Å². The van der Waals surface area contributed by atoms with Gasteiger partial charge in [-0.25, -0.2) is 0 Å². The lowest BCUT2D eigenvalue weighted by molar-refractivity contribution is 0.0966. The number of benzene rings is 3. The van der Waals surface area contributed by atoms with Crippen LogP contribution >= 0.6 is 0 Å². The van der Waals surface area contributed by atoms with Crippen molar-refractivity contribution in [1.82, 2.24) is 15.2 Å². The Bertz CT molecular complexity index is 1780. The molecule has 2 aliphatic rings. The standard InChI is InChI=1S/C30H28N4O5S/c1-38-26-15-22(25-14-21-13-19(9-10-24(21)33-25)18-34-11-5-2-6-12-34)28-23(17-32-30(28)35)29(26)39-40(36,37)27-8-4-3-7-20(27)16-31/h3-4,7-10,13-15,33H,2,5-6,11-12,17-18H2,1H3,(H,32,35). The summed E-state index contributed by atoms with van der Waals surface area (Å²) in [5.74, 6) is -0.253. The molecular formula is C30H28N4O5S. The quantitative estimate of drug-likeness (QED) is 0.316. The number of nitriles is 1. The Morgan fingerprint density at radius 3 is 2.62 bits per heavy atom. The summed E-state index contributed by atoms with van der Waals surface area (Å²) >= 11 is 0. The van der Waals surface area contributed by atoms with Crippen molar-refractivity contribution in [2.24, 2.45) is 0 Å². The van der Waals surface area contributed by atoms with Gasteiger partial charge in [0.1, 0.15) is 11.0 Å². The molecule has 2 N–H and O–H groups in total. The molecule has 0 aliphatic carbocycles. The first kappa shape index (κ1) is 25.9. The first-order valence-electron chi connectivity index (χ1n) is 13.2. The van der Waals surface area contributed by atoms with Gasteiger partial charge >= 0.3 is 10.1 Å². The largest absolute Gasteiger partial charge is 0.493 e. The van der Waals surface area contributed by atoms with Crippen molar-refractivity contribution in [3.63, 3.8) is 0 Å². The van der Waals surface area contributed by atoms with Gasteiger partial charge in [0.2, 0.25) is 0 Å². The number of aromatic nitrogens is 1. The second kappa shape index (κ2) is 10.3. The number of carbonyl (C=O) groups excluding carboxylic acids is 1. The third-order valence-corrected chi connectivity index (χ3v) is 8.80. The first-order chi connectivity index (χ1) is 19.4. The molecule has 3 heterocycles. The molecule has 40 heavy (non-hydrogen) atoms. The summed E-state index contributed by atoms with van der Waals surface area (Å²) in [6, 6.07) is 17.6. The molecule has 2 aliphatic heterocycles. The smallest absolute Gasteiger partial charge is 0.340 e. The van der Waals surface area contributed by atoms with Crippen LogP contribution in [0.5, 0.6) is 11.5 Å². The Labute approximate surface area is 232 Å². The van der Waals surface area contributed by atoms with Crippen molar-refractivity contribution < 1.29 is 22.1 Å². The van der Waals surface area contributed by atoms with Gasteiger partial charge < -0.3 is 19.2 Å². The van der Waals surface area contributed by atoms with Crippen molar-refractivity contribution in [3.05, 3.63) is 76.9 Å². The fraction of sp³-hybridized carbons (Fsp3) is 0.267. The van der Waals surface area contributed by atoms with Gasteiger partial charge in [-0.05, 0) is 67.9 Å². The monoisotopic (exact) mass is 556 g/mol. The third kappa shape index (κ3) is 4.68. The molecule has 0 spiro atoms. The number of hydrogen-bond acceptors (Lipinski definition) is 7. The number of aromatic amines is 1. The highest BCUT2D eigenvalue weighted by atomic mass is 32.2. The van der Waals surface area contributed by atoms with E-state index in [1.165, 1.54) is 50.1 Å². The zero-order valence-corrected chi connectivity index (χ0v) is 22.8. The van der Waals surface area contributed by atoms with Crippen molar-refractivity contribution in [1.29, 1.82) is 5.26 Å². The van der Waals surface area contributed by atoms with Gasteiger partial charge in [0.25, 0.3) is 5.91 Å². The molecule has 9 nitrogen and oxygen atoms in total. The van der Waals surface area contributed by atoms with Crippen LogP contribution in [-0.2, 0) is 23.2 Å². The van der Waals surface area contributed by atoms with E-state index in [9.17, 15) is 18.5 Å². The van der Waals surface area contributed by atoms with Gasteiger partial charge in [0.15, 0.2) is 11.5 Å². The van der Waals surface area contributed by atoms with Crippen molar-refractivity contribution in [2.75, 3.05) is 20.2 Å². The van der Waals surface area contributed by atoms with Gasteiger partial charge in [-0.1, -0.05) is 24.6 Å². The van der Waals surface area contributed by atoms with Gasteiger partial charge in [-0.15, -0.1) is 0 Å². The maximum absolute atomic E-state index is 13.2. The SMILES string of the molecule is COc1cc(-c2cc3cc(CN4CCCCC4)ccc3[nH]2)c2c(c1OS(=O)(=O)c1ccccc1C#N)CNC2=O. The van der Waals surface area contributed by atoms with Gasteiger partial charge in [0, 0.05) is 40.8 Å². The number of nitrogens with zero attached hydrogens (tertiary/aromatic N) is 2. The van der Waals surface area contributed by atoms with E-state index in [2.05, 4.69) is 27.3 Å². The lowest BCUT2D eigenvalue weighted by Gasteiger charge is -2.26. The highest BCUT2D eigenvalue weighted by Gasteiger charge is 2.33. The van der Waals surface area contributed by atoms with Crippen LogP contribution in [-0.4, -0.2) is 44.4 Å². The van der Waals surface area contributed by atoms with Crippen LogP contribution in [0.3, 0.4) is 0 Å². The highest BCUT2D eigenvalue weighted by Crippen LogP contribution is 2.44. The Morgan fingerprint density at radius 2 is 1.85 bits per heavy atom. The number of amides is 1. The predicted molar refractivity (Wildman–Crippen MR) is 150 cm³/mol. The summed E-state index contributed by atoms with van der Waals surface area (Å²) in [7, 11) is -2.98. The number of piperidine rings is 1. The van der Waals surface area contributed by atoms with Crippen LogP contribution in [0.25, 0.3) is 22.2 Å². The molecule has 3 aromatic carbocycles. The van der Waals surface area contributed by atoms with Crippen molar-refractivity contribution >= 4 is 26.9 Å². The summed E-state index contributed by atoms with van der Waals surface area (Å²) in [6.07, 6.45) is 3.76. The van der Waals surface area contributed by atoms with Gasteiger partial charge in [0.05, 0.1) is 18.2 Å². The molecule has 1 amide bonds. The second-order valence-electron chi connectivity index (χ2n) is 10.1. The minimum absolute atomic E-state index is 0.0401. The normalized spacial score (nSPS) is 15.4. The number of fused-ring (bicyclic) bond motifs is 2. The summed E-state index contributed by atoms with van der Waals surface area (Å²) in [6.45, 7) is 3.20. The topological polar surface area (TPSA) is 125 Å². The number of likely N-dealkylation sites (tertiary alicyclic amines) is 1. The minimum Gasteiger partial charge on any atom is -0.493 e. The summed E-state index contributed by atoms with van der Waals surface area (Å²) in [5.41, 5.74) is 4.11. The lowest BCUT2D eigenvalue weighted by atomic mass is 9.98. The number of methoxy groups -OCH3 is 1. The number of hydrogen-bond donors (Lipinski definition) is 2. The summed E-state index contributed by atoms with van der Waals surface area (Å²) in [5, 5.41) is 13.2. The molecular weight excluding hydrogens is 528 g/mol.